The van der Waals surface area contributed by atoms with Gasteiger partial charge in [-0.3, -0.25) is 9.59 Å². The molecule has 0 radical (unpaired) electrons. The van der Waals surface area contributed by atoms with E-state index in [1.807, 2.05) is 33.8 Å². The number of benzene rings is 1. The Bertz CT molecular complexity index is 1140. The second-order valence-electron chi connectivity index (χ2n) is 8.56. The number of carbonyl (C=O) groups is 1. The minimum absolute atomic E-state index is 0.111. The van der Waals surface area contributed by atoms with Gasteiger partial charge < -0.3 is 9.88 Å². The minimum atomic E-state index is -0.261. The Labute approximate surface area is 168 Å². The van der Waals surface area contributed by atoms with Crippen LogP contribution in [0.4, 0.5) is 0 Å². The van der Waals surface area contributed by atoms with Gasteiger partial charge in [-0.05, 0) is 31.2 Å². The van der Waals surface area contributed by atoms with Crippen LogP contribution in [-0.2, 0) is 6.54 Å². The number of hydrogen-bond donors (Lipinski definition) is 1. The molecule has 1 aliphatic heterocycles. The number of H-pyrrole nitrogens is 1. The van der Waals surface area contributed by atoms with Gasteiger partial charge in [-0.15, -0.1) is 0 Å². The number of rotatable bonds is 4. The van der Waals surface area contributed by atoms with E-state index < -0.39 is 0 Å². The molecule has 0 unspecified atom stereocenters. The molecule has 1 fully saturated rings. The highest BCUT2D eigenvalue weighted by Crippen LogP contribution is 2.40. The molecule has 150 valence electrons. The molecule has 1 saturated carbocycles. The van der Waals surface area contributed by atoms with Gasteiger partial charge in [-0.2, -0.15) is 5.10 Å². The number of aromatic amines is 1. The average Bonchev–Trinajstić information content (AvgIpc) is 3.45. The molecule has 1 amide bonds. The number of amides is 1. The summed E-state index contributed by atoms with van der Waals surface area (Å²) < 4.78 is 1.99. The standard InChI is InChI=1S/C22H25N5O2/c1-13(2)11-18-21-24-20(14-7-8-14)25-27(21)10-9-26(18)22(29)16-12-19(28)23-17-6-4-3-5-15(16)17/h3-6,12-14,18H,7-11H2,1-2H3,(H,23,28)/t18-/m0/s1. The average molecular weight is 391 g/mol. The van der Waals surface area contributed by atoms with E-state index >= 15 is 0 Å². The summed E-state index contributed by atoms with van der Waals surface area (Å²) >= 11 is 0. The molecule has 7 nitrogen and oxygen atoms in total. The molecule has 3 aromatic rings. The van der Waals surface area contributed by atoms with Gasteiger partial charge in [-0.1, -0.05) is 32.0 Å². The Balaban J connectivity index is 1.57. The lowest BCUT2D eigenvalue weighted by molar-refractivity contribution is 0.0580. The third kappa shape index (κ3) is 3.24. The van der Waals surface area contributed by atoms with Crippen molar-refractivity contribution in [3.8, 4) is 0 Å². The Kier molecular flexibility index (Phi) is 4.26. The molecule has 1 aliphatic carbocycles. The molecule has 3 heterocycles. The van der Waals surface area contributed by atoms with Crippen molar-refractivity contribution in [3.63, 3.8) is 0 Å². The van der Waals surface area contributed by atoms with Crippen LogP contribution in [0.1, 0.15) is 67.1 Å². The van der Waals surface area contributed by atoms with Crippen molar-refractivity contribution in [3.05, 3.63) is 57.9 Å². The molecule has 2 aliphatic rings. The van der Waals surface area contributed by atoms with Crippen LogP contribution in [0.25, 0.3) is 10.9 Å². The minimum Gasteiger partial charge on any atom is -0.327 e. The Hall–Kier alpha value is -2.96. The van der Waals surface area contributed by atoms with Crippen LogP contribution in [0.2, 0.25) is 0 Å². The highest BCUT2D eigenvalue weighted by atomic mass is 16.2. The first-order valence-electron chi connectivity index (χ1n) is 10.4. The fourth-order valence-corrected chi connectivity index (χ4v) is 4.25. The number of para-hydroxylation sites is 1. The summed E-state index contributed by atoms with van der Waals surface area (Å²) in [4.78, 5) is 35.4. The number of fused-ring (bicyclic) bond motifs is 2. The van der Waals surface area contributed by atoms with Crippen molar-refractivity contribution in [1.29, 1.82) is 0 Å². The van der Waals surface area contributed by atoms with Crippen LogP contribution in [0.15, 0.2) is 35.1 Å². The summed E-state index contributed by atoms with van der Waals surface area (Å²) in [5, 5.41) is 5.48. The molecule has 1 aromatic carbocycles. The number of nitrogens with one attached hydrogen (secondary N) is 1. The predicted molar refractivity (Wildman–Crippen MR) is 110 cm³/mol. The van der Waals surface area contributed by atoms with Crippen LogP contribution in [0, 0.1) is 5.92 Å². The van der Waals surface area contributed by atoms with Gasteiger partial charge >= 0.3 is 0 Å². The highest BCUT2D eigenvalue weighted by Gasteiger charge is 2.37. The number of nitrogens with zero attached hydrogens (tertiary/aromatic N) is 4. The molecular weight excluding hydrogens is 366 g/mol. The third-order valence-corrected chi connectivity index (χ3v) is 5.82. The van der Waals surface area contributed by atoms with Crippen LogP contribution in [0.5, 0.6) is 0 Å². The molecule has 7 heteroatoms. The number of carbonyl (C=O) groups excluding carboxylic acids is 1. The predicted octanol–water partition coefficient (Wildman–Crippen LogP) is 3.24. The van der Waals surface area contributed by atoms with Crippen LogP contribution < -0.4 is 5.56 Å². The molecule has 1 atom stereocenters. The maximum Gasteiger partial charge on any atom is 0.255 e. The summed E-state index contributed by atoms with van der Waals surface area (Å²) in [6.45, 7) is 5.51. The van der Waals surface area contributed by atoms with Gasteiger partial charge in [0.05, 0.1) is 18.2 Å². The van der Waals surface area contributed by atoms with Crippen molar-refractivity contribution in [2.75, 3.05) is 6.54 Å². The van der Waals surface area contributed by atoms with Crippen molar-refractivity contribution in [1.82, 2.24) is 24.6 Å². The fourth-order valence-electron chi connectivity index (χ4n) is 4.25. The topological polar surface area (TPSA) is 83.9 Å². The first kappa shape index (κ1) is 18.1. The Morgan fingerprint density at radius 1 is 1.24 bits per heavy atom. The quantitative estimate of drug-likeness (QED) is 0.740. The van der Waals surface area contributed by atoms with E-state index in [0.717, 1.165) is 36.3 Å². The first-order valence-corrected chi connectivity index (χ1v) is 10.4. The maximum absolute atomic E-state index is 13.6. The molecule has 5 rings (SSSR count). The maximum atomic E-state index is 13.6. The zero-order valence-electron chi connectivity index (χ0n) is 16.8. The molecule has 29 heavy (non-hydrogen) atoms. The van der Waals surface area contributed by atoms with Gasteiger partial charge in [0.2, 0.25) is 5.56 Å². The second kappa shape index (κ2) is 6.83. The summed E-state index contributed by atoms with van der Waals surface area (Å²) in [7, 11) is 0. The van der Waals surface area contributed by atoms with Gasteiger partial charge in [0, 0.05) is 29.4 Å². The normalized spacial score (nSPS) is 19.0. The van der Waals surface area contributed by atoms with E-state index in [9.17, 15) is 9.59 Å². The second-order valence-corrected chi connectivity index (χ2v) is 8.56. The summed E-state index contributed by atoms with van der Waals surface area (Å²) in [5.41, 5.74) is 0.872. The van der Waals surface area contributed by atoms with Crippen LogP contribution in [-0.4, -0.2) is 37.1 Å². The molecule has 2 aromatic heterocycles. The summed E-state index contributed by atoms with van der Waals surface area (Å²) in [6.07, 6.45) is 3.12. The zero-order valence-corrected chi connectivity index (χ0v) is 16.8. The SMILES string of the molecule is CC(C)C[C@H]1c2nc(C3CC3)nn2CCN1C(=O)c1cc(=O)[nH]c2ccccc12. The smallest absolute Gasteiger partial charge is 0.255 e. The third-order valence-electron chi connectivity index (χ3n) is 5.82. The number of hydrogen-bond acceptors (Lipinski definition) is 4. The molecule has 0 spiro atoms. The number of aromatic nitrogens is 4. The van der Waals surface area contributed by atoms with Crippen LogP contribution in [0.3, 0.4) is 0 Å². The molecule has 0 bridgehead atoms. The first-order chi connectivity index (χ1) is 14.0. The summed E-state index contributed by atoms with van der Waals surface area (Å²) in [5.74, 6) is 2.58. The van der Waals surface area contributed by atoms with E-state index in [4.69, 9.17) is 10.1 Å². The summed E-state index contributed by atoms with van der Waals surface area (Å²) in [6, 6.07) is 8.75. The van der Waals surface area contributed by atoms with Gasteiger partial charge in [0.15, 0.2) is 5.82 Å². The van der Waals surface area contributed by atoms with E-state index in [0.29, 0.717) is 36.0 Å². The highest BCUT2D eigenvalue weighted by molar-refractivity contribution is 6.06. The Morgan fingerprint density at radius 2 is 2.03 bits per heavy atom. The zero-order chi connectivity index (χ0) is 20.1. The lowest BCUT2D eigenvalue weighted by Gasteiger charge is -2.36. The van der Waals surface area contributed by atoms with Crippen molar-refractivity contribution < 1.29 is 4.79 Å². The van der Waals surface area contributed by atoms with Crippen molar-refractivity contribution >= 4 is 16.8 Å². The molecule has 0 saturated heterocycles. The van der Waals surface area contributed by atoms with E-state index in [1.165, 1.54) is 6.07 Å². The monoisotopic (exact) mass is 391 g/mol. The largest absolute Gasteiger partial charge is 0.327 e. The lowest BCUT2D eigenvalue weighted by Crippen LogP contribution is -2.43. The Morgan fingerprint density at radius 3 is 2.79 bits per heavy atom. The fraction of sp³-hybridized carbons (Fsp3) is 0.455. The van der Waals surface area contributed by atoms with Gasteiger partial charge in [0.25, 0.3) is 5.91 Å². The van der Waals surface area contributed by atoms with E-state index in [2.05, 4.69) is 18.8 Å². The van der Waals surface area contributed by atoms with Crippen LogP contribution >= 0.6 is 0 Å². The molecule has 1 N–H and O–H groups in total. The lowest BCUT2D eigenvalue weighted by atomic mass is 9.98. The van der Waals surface area contributed by atoms with E-state index in [1.54, 1.807) is 0 Å². The number of pyridine rings is 1. The van der Waals surface area contributed by atoms with Crippen molar-refractivity contribution in [2.24, 2.45) is 5.92 Å². The van der Waals surface area contributed by atoms with Gasteiger partial charge in [-0.25, -0.2) is 9.67 Å². The van der Waals surface area contributed by atoms with Gasteiger partial charge in [0.1, 0.15) is 5.82 Å². The molecular formula is C22H25N5O2. The van der Waals surface area contributed by atoms with Crippen molar-refractivity contribution in [2.45, 2.75) is 51.6 Å². The van der Waals surface area contributed by atoms with E-state index in [-0.39, 0.29) is 17.5 Å².